The first-order valence-corrected chi connectivity index (χ1v) is 10.3. The Bertz CT molecular complexity index is 1070. The summed E-state index contributed by atoms with van der Waals surface area (Å²) in [5, 5.41) is 12.3. The Morgan fingerprint density at radius 3 is 2.63 bits per heavy atom. The highest BCUT2D eigenvalue weighted by Gasteiger charge is 2.39. The summed E-state index contributed by atoms with van der Waals surface area (Å²) >= 11 is 1.48. The Balaban J connectivity index is 1.71. The third-order valence-corrected chi connectivity index (χ3v) is 7.40. The molecule has 1 aliphatic heterocycles. The number of aryl methyl sites for hydroxylation is 1. The maximum atomic E-state index is 11.8. The molecular formula is C23H21NO2S. The quantitative estimate of drug-likeness (QED) is 0.642. The van der Waals surface area contributed by atoms with Crippen LogP contribution in [0.4, 0.5) is 0 Å². The number of thioether (sulfide) groups is 1. The van der Waals surface area contributed by atoms with Crippen LogP contribution in [0.3, 0.4) is 0 Å². The van der Waals surface area contributed by atoms with Gasteiger partial charge in [0.25, 0.3) is 0 Å². The number of aromatic nitrogens is 1. The van der Waals surface area contributed by atoms with Crippen molar-refractivity contribution in [3.05, 3.63) is 59.9 Å². The Kier molecular flexibility index (Phi) is 3.80. The smallest absolute Gasteiger partial charge is 0.319 e. The molecule has 1 atom stereocenters. The van der Waals surface area contributed by atoms with E-state index in [1.54, 1.807) is 0 Å². The van der Waals surface area contributed by atoms with Gasteiger partial charge in [0.1, 0.15) is 4.75 Å². The molecule has 3 nitrogen and oxygen atoms in total. The summed E-state index contributed by atoms with van der Waals surface area (Å²) in [4.78, 5) is 17.4. The van der Waals surface area contributed by atoms with E-state index in [2.05, 4.69) is 41.4 Å². The average Bonchev–Trinajstić information content (AvgIpc) is 3.52. The Labute approximate surface area is 162 Å². The van der Waals surface area contributed by atoms with Gasteiger partial charge in [-0.25, -0.2) is 0 Å². The monoisotopic (exact) mass is 375 g/mol. The molecule has 0 saturated heterocycles. The van der Waals surface area contributed by atoms with Crippen LogP contribution >= 0.6 is 11.8 Å². The molecule has 27 heavy (non-hydrogen) atoms. The van der Waals surface area contributed by atoms with E-state index in [0.717, 1.165) is 28.0 Å². The normalized spacial score (nSPS) is 21.8. The van der Waals surface area contributed by atoms with E-state index >= 15 is 0 Å². The molecule has 5 rings (SSSR count). The second-order valence-electron chi connectivity index (χ2n) is 7.84. The third kappa shape index (κ3) is 2.74. The minimum atomic E-state index is -0.785. The zero-order chi connectivity index (χ0) is 18.6. The van der Waals surface area contributed by atoms with Crippen LogP contribution in [0.5, 0.6) is 0 Å². The standard InChI is InChI=1S/C23H21NO2S/c1-23(22(25)26)11-10-15-12-24-13-20(21(15)27-23)19-9-8-16(14-6-7-14)17-4-2-3-5-18(17)19/h2-5,8-9,12-14H,6-7,10-11H2,1H3,(H,25,26). The fourth-order valence-electron chi connectivity index (χ4n) is 4.09. The number of aliphatic carboxylic acids is 1. The van der Waals surface area contributed by atoms with Gasteiger partial charge in [-0.1, -0.05) is 36.4 Å². The van der Waals surface area contributed by atoms with Gasteiger partial charge in [-0.15, -0.1) is 11.8 Å². The topological polar surface area (TPSA) is 50.2 Å². The van der Waals surface area contributed by atoms with Gasteiger partial charge >= 0.3 is 5.97 Å². The highest BCUT2D eigenvalue weighted by Crippen LogP contribution is 2.49. The maximum absolute atomic E-state index is 11.8. The first-order chi connectivity index (χ1) is 13.1. The van der Waals surface area contributed by atoms with Crippen LogP contribution in [-0.4, -0.2) is 20.8 Å². The van der Waals surface area contributed by atoms with Crippen LogP contribution in [0.2, 0.25) is 0 Å². The Hall–Kier alpha value is -2.33. The van der Waals surface area contributed by atoms with E-state index in [9.17, 15) is 9.90 Å². The molecule has 1 unspecified atom stereocenters. The van der Waals surface area contributed by atoms with E-state index < -0.39 is 10.7 Å². The maximum Gasteiger partial charge on any atom is 0.319 e. The number of fused-ring (bicyclic) bond motifs is 2. The molecule has 1 fully saturated rings. The van der Waals surface area contributed by atoms with E-state index in [1.807, 2.05) is 19.3 Å². The van der Waals surface area contributed by atoms with Crippen molar-refractivity contribution >= 4 is 28.5 Å². The van der Waals surface area contributed by atoms with E-state index in [-0.39, 0.29) is 0 Å². The number of pyridine rings is 1. The van der Waals surface area contributed by atoms with E-state index in [0.29, 0.717) is 12.3 Å². The number of benzene rings is 2. The molecular weight excluding hydrogens is 354 g/mol. The second kappa shape index (κ2) is 6.10. The first kappa shape index (κ1) is 16.8. The molecule has 1 aliphatic carbocycles. The zero-order valence-electron chi connectivity index (χ0n) is 15.2. The van der Waals surface area contributed by atoms with Gasteiger partial charge in [0.05, 0.1) is 0 Å². The van der Waals surface area contributed by atoms with E-state index in [4.69, 9.17) is 0 Å². The third-order valence-electron chi connectivity index (χ3n) is 5.89. The lowest BCUT2D eigenvalue weighted by Gasteiger charge is -2.31. The van der Waals surface area contributed by atoms with Crippen molar-refractivity contribution in [2.75, 3.05) is 0 Å². The Morgan fingerprint density at radius 2 is 1.89 bits per heavy atom. The molecule has 0 radical (unpaired) electrons. The van der Waals surface area contributed by atoms with Crippen LogP contribution in [-0.2, 0) is 11.2 Å². The number of hydrogen-bond donors (Lipinski definition) is 1. The van der Waals surface area contributed by atoms with Gasteiger partial charge in [0, 0.05) is 22.9 Å². The van der Waals surface area contributed by atoms with Crippen molar-refractivity contribution < 1.29 is 9.90 Å². The summed E-state index contributed by atoms with van der Waals surface area (Å²) in [7, 11) is 0. The van der Waals surface area contributed by atoms with Gasteiger partial charge in [-0.2, -0.15) is 0 Å². The van der Waals surface area contributed by atoms with Crippen LogP contribution in [0, 0.1) is 0 Å². The average molecular weight is 375 g/mol. The summed E-state index contributed by atoms with van der Waals surface area (Å²) in [6.07, 6.45) is 7.74. The molecule has 0 spiro atoms. The van der Waals surface area contributed by atoms with Gasteiger partial charge in [0.2, 0.25) is 0 Å². The molecule has 2 aliphatic rings. The van der Waals surface area contributed by atoms with Gasteiger partial charge in [0.15, 0.2) is 0 Å². The molecule has 0 bridgehead atoms. The molecule has 0 amide bonds. The van der Waals surface area contributed by atoms with Crippen molar-refractivity contribution in [2.24, 2.45) is 0 Å². The lowest BCUT2D eigenvalue weighted by molar-refractivity contribution is -0.139. The number of rotatable bonds is 3. The van der Waals surface area contributed by atoms with Crippen LogP contribution in [0.25, 0.3) is 21.9 Å². The summed E-state index contributed by atoms with van der Waals surface area (Å²) < 4.78 is -0.785. The molecule has 1 aromatic heterocycles. The highest BCUT2D eigenvalue weighted by molar-refractivity contribution is 8.01. The number of nitrogens with zero attached hydrogens (tertiary/aromatic N) is 1. The van der Waals surface area contributed by atoms with Crippen LogP contribution in [0.15, 0.2) is 53.7 Å². The summed E-state index contributed by atoms with van der Waals surface area (Å²) in [6.45, 7) is 1.83. The molecule has 136 valence electrons. The van der Waals surface area contributed by atoms with Gasteiger partial charge in [-0.3, -0.25) is 9.78 Å². The van der Waals surface area contributed by atoms with Crippen LogP contribution < -0.4 is 0 Å². The molecule has 1 N–H and O–H groups in total. The molecule has 1 saturated carbocycles. The van der Waals surface area contributed by atoms with Gasteiger partial charge in [-0.05, 0) is 66.0 Å². The van der Waals surface area contributed by atoms with Crippen molar-refractivity contribution in [1.29, 1.82) is 0 Å². The summed E-state index contributed by atoms with van der Waals surface area (Å²) in [5.41, 5.74) is 4.81. The van der Waals surface area contributed by atoms with Crippen LogP contribution in [0.1, 0.15) is 43.2 Å². The largest absolute Gasteiger partial charge is 0.480 e. The van der Waals surface area contributed by atoms with E-state index in [1.165, 1.54) is 40.9 Å². The summed E-state index contributed by atoms with van der Waals surface area (Å²) in [6, 6.07) is 13.1. The number of carboxylic acids is 1. The van der Waals surface area contributed by atoms with Crippen molar-refractivity contribution in [1.82, 2.24) is 4.98 Å². The minimum absolute atomic E-state index is 0.631. The molecule has 2 heterocycles. The highest BCUT2D eigenvalue weighted by atomic mass is 32.2. The molecule has 4 heteroatoms. The fraction of sp³-hybridized carbons (Fsp3) is 0.304. The van der Waals surface area contributed by atoms with Crippen molar-refractivity contribution in [2.45, 2.75) is 48.2 Å². The lowest BCUT2D eigenvalue weighted by Crippen LogP contribution is -2.34. The SMILES string of the molecule is CC1(C(=O)O)CCc2cncc(-c3ccc(C4CC4)c4ccccc34)c2S1. The first-order valence-electron chi connectivity index (χ1n) is 9.48. The summed E-state index contributed by atoms with van der Waals surface area (Å²) in [5.74, 6) is -0.0497. The van der Waals surface area contributed by atoms with Crippen molar-refractivity contribution in [3.63, 3.8) is 0 Å². The predicted molar refractivity (Wildman–Crippen MR) is 109 cm³/mol. The predicted octanol–water partition coefficient (Wildman–Crippen LogP) is 5.66. The fourth-order valence-corrected chi connectivity index (χ4v) is 5.39. The minimum Gasteiger partial charge on any atom is -0.480 e. The zero-order valence-corrected chi connectivity index (χ0v) is 16.1. The Morgan fingerprint density at radius 1 is 1.11 bits per heavy atom. The number of carboxylic acid groups (broad SMARTS) is 1. The van der Waals surface area contributed by atoms with Gasteiger partial charge < -0.3 is 5.11 Å². The number of hydrogen-bond acceptors (Lipinski definition) is 3. The molecule has 3 aromatic rings. The second-order valence-corrected chi connectivity index (χ2v) is 9.35. The number of carbonyl (C=O) groups is 1. The lowest BCUT2D eigenvalue weighted by atomic mass is 9.92. The van der Waals surface area contributed by atoms with Crippen molar-refractivity contribution in [3.8, 4) is 11.1 Å². The molecule has 2 aromatic carbocycles.